The van der Waals surface area contributed by atoms with Gasteiger partial charge in [0.2, 0.25) is 0 Å². The molecule has 1 aromatic rings. The molecule has 0 fully saturated rings. The van der Waals surface area contributed by atoms with E-state index in [4.69, 9.17) is 0 Å². The third-order valence-electron chi connectivity index (χ3n) is 2.05. The van der Waals surface area contributed by atoms with Crippen molar-refractivity contribution < 1.29 is 21.4 Å². The second-order valence-electron chi connectivity index (χ2n) is 3.54. The van der Waals surface area contributed by atoms with Crippen LogP contribution >= 0.6 is 0 Å². The number of halogens is 2. The topological polar surface area (TPSA) is 43.4 Å². The van der Waals surface area contributed by atoms with E-state index in [1.807, 2.05) is 0 Å². The lowest BCUT2D eigenvalue weighted by molar-refractivity contribution is -0.0445. The van der Waals surface area contributed by atoms with Gasteiger partial charge in [-0.2, -0.15) is 21.4 Å². The summed E-state index contributed by atoms with van der Waals surface area (Å²) in [5.41, 5.74) is 1.67. The maximum absolute atomic E-state index is 12.0. The minimum absolute atomic E-state index is 0.182. The molecule has 0 amide bonds. The Morgan fingerprint density at radius 2 is 1.56 bits per heavy atom. The van der Waals surface area contributed by atoms with Crippen LogP contribution in [0.3, 0.4) is 0 Å². The van der Waals surface area contributed by atoms with Gasteiger partial charge in [0.15, 0.2) is 0 Å². The van der Waals surface area contributed by atoms with Crippen LogP contribution in [0.15, 0.2) is 17.0 Å². The molecular formula is C10H12F2O3S. The van der Waals surface area contributed by atoms with Crippen LogP contribution in [-0.4, -0.2) is 15.0 Å². The van der Waals surface area contributed by atoms with Gasteiger partial charge in [-0.05, 0) is 31.9 Å². The van der Waals surface area contributed by atoms with Crippen LogP contribution in [0.4, 0.5) is 8.78 Å². The van der Waals surface area contributed by atoms with Crippen LogP contribution in [0.1, 0.15) is 16.7 Å². The zero-order valence-electron chi connectivity index (χ0n) is 9.12. The number of benzene rings is 1. The Bertz CT molecular complexity index is 472. The van der Waals surface area contributed by atoms with E-state index in [-0.39, 0.29) is 4.90 Å². The molecule has 0 atom stereocenters. The summed E-state index contributed by atoms with van der Waals surface area (Å²) in [5.74, 6) is 0. The van der Waals surface area contributed by atoms with E-state index in [2.05, 4.69) is 4.18 Å². The monoisotopic (exact) mass is 250 g/mol. The summed E-state index contributed by atoms with van der Waals surface area (Å²) in [4.78, 5) is -0.182. The fourth-order valence-electron chi connectivity index (χ4n) is 1.70. The molecule has 0 aliphatic carbocycles. The highest BCUT2D eigenvalue weighted by atomic mass is 32.2. The van der Waals surface area contributed by atoms with E-state index in [9.17, 15) is 17.2 Å². The van der Waals surface area contributed by atoms with Gasteiger partial charge in [0.05, 0.1) is 0 Å². The normalized spacial score (nSPS) is 12.1. The van der Waals surface area contributed by atoms with Crippen molar-refractivity contribution >= 4 is 10.1 Å². The average Bonchev–Trinajstić information content (AvgIpc) is 1.96. The molecule has 1 rings (SSSR count). The first-order valence-electron chi connectivity index (χ1n) is 4.53. The lowest BCUT2D eigenvalue weighted by atomic mass is 10.1. The maximum atomic E-state index is 12.0. The van der Waals surface area contributed by atoms with Crippen molar-refractivity contribution in [2.24, 2.45) is 0 Å². The van der Waals surface area contributed by atoms with Gasteiger partial charge in [0.1, 0.15) is 4.90 Å². The molecule has 0 saturated heterocycles. The van der Waals surface area contributed by atoms with Gasteiger partial charge in [0.25, 0.3) is 0 Å². The highest BCUT2D eigenvalue weighted by Crippen LogP contribution is 2.24. The quantitative estimate of drug-likeness (QED) is 0.774. The SMILES string of the molecule is Cc1cc(C)c(S(=O)(=O)OC(F)F)c(C)c1. The fourth-order valence-corrected chi connectivity index (χ4v) is 2.90. The average molecular weight is 250 g/mol. The fraction of sp³-hybridized carbons (Fsp3) is 0.400. The maximum Gasteiger partial charge on any atom is 0.359 e. The lowest BCUT2D eigenvalue weighted by Gasteiger charge is -2.11. The van der Waals surface area contributed by atoms with Crippen LogP contribution < -0.4 is 0 Å². The van der Waals surface area contributed by atoms with Gasteiger partial charge in [-0.25, -0.2) is 0 Å². The van der Waals surface area contributed by atoms with Crippen LogP contribution in [0.2, 0.25) is 0 Å². The van der Waals surface area contributed by atoms with Gasteiger partial charge in [0, 0.05) is 0 Å². The van der Waals surface area contributed by atoms with Gasteiger partial charge in [-0.1, -0.05) is 17.7 Å². The molecule has 0 unspecified atom stereocenters. The van der Waals surface area contributed by atoms with Crippen molar-refractivity contribution in [3.63, 3.8) is 0 Å². The van der Waals surface area contributed by atoms with Crippen molar-refractivity contribution in [3.8, 4) is 0 Å². The Morgan fingerprint density at radius 3 is 1.94 bits per heavy atom. The summed E-state index contributed by atoms with van der Waals surface area (Å²) >= 11 is 0. The molecule has 0 saturated carbocycles. The molecular weight excluding hydrogens is 238 g/mol. The summed E-state index contributed by atoms with van der Waals surface area (Å²) in [6, 6.07) is 3.21. The van der Waals surface area contributed by atoms with E-state index >= 15 is 0 Å². The molecule has 90 valence electrons. The molecule has 0 radical (unpaired) electrons. The van der Waals surface area contributed by atoms with Gasteiger partial charge < -0.3 is 0 Å². The molecule has 0 bridgehead atoms. The van der Waals surface area contributed by atoms with E-state index < -0.39 is 16.7 Å². The van der Waals surface area contributed by atoms with Crippen LogP contribution in [0.25, 0.3) is 0 Å². The molecule has 0 aromatic heterocycles. The van der Waals surface area contributed by atoms with Crippen LogP contribution in [0, 0.1) is 20.8 Å². The Labute approximate surface area is 93.2 Å². The van der Waals surface area contributed by atoms with E-state index in [0.717, 1.165) is 5.56 Å². The molecule has 6 heteroatoms. The van der Waals surface area contributed by atoms with E-state index in [0.29, 0.717) is 11.1 Å². The summed E-state index contributed by atoms with van der Waals surface area (Å²) < 4.78 is 50.6. The smallest absolute Gasteiger partial charge is 0.199 e. The molecule has 0 heterocycles. The Balaban J connectivity index is 3.34. The number of hydrogen-bond donors (Lipinski definition) is 0. The van der Waals surface area contributed by atoms with Crippen molar-refractivity contribution in [3.05, 3.63) is 28.8 Å². The highest BCUT2D eigenvalue weighted by Gasteiger charge is 2.24. The largest absolute Gasteiger partial charge is 0.359 e. The van der Waals surface area contributed by atoms with Crippen molar-refractivity contribution in [1.29, 1.82) is 0 Å². The van der Waals surface area contributed by atoms with Crippen molar-refractivity contribution in [2.45, 2.75) is 32.3 Å². The Hall–Kier alpha value is -1.01. The zero-order chi connectivity index (χ0) is 12.5. The predicted molar refractivity (Wildman–Crippen MR) is 54.9 cm³/mol. The van der Waals surface area contributed by atoms with Crippen LogP contribution in [0.5, 0.6) is 0 Å². The van der Waals surface area contributed by atoms with E-state index in [1.165, 1.54) is 0 Å². The van der Waals surface area contributed by atoms with Gasteiger partial charge in [-0.15, -0.1) is 0 Å². The zero-order valence-corrected chi connectivity index (χ0v) is 9.94. The third kappa shape index (κ3) is 2.76. The Kier molecular flexibility index (Phi) is 3.64. The summed E-state index contributed by atoms with van der Waals surface area (Å²) in [5, 5.41) is 0. The second kappa shape index (κ2) is 4.47. The van der Waals surface area contributed by atoms with E-state index in [1.54, 1.807) is 32.9 Å². The first kappa shape index (κ1) is 13.1. The van der Waals surface area contributed by atoms with Crippen LogP contribution in [-0.2, 0) is 14.3 Å². The first-order chi connectivity index (χ1) is 7.24. The molecule has 16 heavy (non-hydrogen) atoms. The number of hydrogen-bond acceptors (Lipinski definition) is 3. The highest BCUT2D eigenvalue weighted by molar-refractivity contribution is 7.86. The molecule has 1 aromatic carbocycles. The molecule has 0 N–H and O–H groups in total. The molecule has 3 nitrogen and oxygen atoms in total. The lowest BCUT2D eigenvalue weighted by Crippen LogP contribution is -2.13. The summed E-state index contributed by atoms with van der Waals surface area (Å²) in [7, 11) is -4.39. The van der Waals surface area contributed by atoms with Crippen molar-refractivity contribution in [2.75, 3.05) is 0 Å². The number of aryl methyl sites for hydroxylation is 3. The number of alkyl halides is 2. The predicted octanol–water partition coefficient (Wildman–Crippen LogP) is 2.54. The third-order valence-corrected chi connectivity index (χ3v) is 3.60. The van der Waals surface area contributed by atoms with Gasteiger partial charge in [-0.3, -0.25) is 0 Å². The minimum Gasteiger partial charge on any atom is -0.199 e. The summed E-state index contributed by atoms with van der Waals surface area (Å²) in [6.45, 7) is 1.54. The van der Waals surface area contributed by atoms with Crippen molar-refractivity contribution in [1.82, 2.24) is 0 Å². The Morgan fingerprint density at radius 1 is 1.12 bits per heavy atom. The standard InChI is InChI=1S/C10H12F2O3S/c1-6-4-7(2)9(8(3)5-6)16(13,14)15-10(11)12/h4-5,10H,1-3H3. The summed E-state index contributed by atoms with van der Waals surface area (Å²) in [6.07, 6.45) is 0. The number of rotatable bonds is 3. The molecule has 0 aliphatic rings. The first-order valence-corrected chi connectivity index (χ1v) is 5.94. The van der Waals surface area contributed by atoms with Gasteiger partial charge >= 0.3 is 16.7 Å². The molecule has 0 spiro atoms. The second-order valence-corrected chi connectivity index (χ2v) is 5.05. The molecule has 0 aliphatic heterocycles. The minimum atomic E-state index is -4.39.